The van der Waals surface area contributed by atoms with Crippen LogP contribution in [0.2, 0.25) is 0 Å². The molecule has 4 rings (SSSR count). The number of Topliss-reactive ketones (excluding diaryl/α,β-unsaturated/α-hetero) is 1. The van der Waals surface area contributed by atoms with Gasteiger partial charge in [-0.1, -0.05) is 44.2 Å². The van der Waals surface area contributed by atoms with E-state index in [1.165, 1.54) is 11.3 Å². The van der Waals surface area contributed by atoms with E-state index >= 15 is 0 Å². The highest BCUT2D eigenvalue weighted by molar-refractivity contribution is 6.15. The zero-order chi connectivity index (χ0) is 19.7. The highest BCUT2D eigenvalue weighted by Gasteiger charge is 2.40. The molecule has 28 heavy (non-hydrogen) atoms. The lowest BCUT2D eigenvalue weighted by Gasteiger charge is -2.34. The molecular weight excluding hydrogens is 354 g/mol. The van der Waals surface area contributed by atoms with Gasteiger partial charge in [0.15, 0.2) is 5.78 Å². The van der Waals surface area contributed by atoms with Gasteiger partial charge in [0.05, 0.1) is 17.4 Å². The van der Waals surface area contributed by atoms with Gasteiger partial charge in [-0.05, 0) is 44.7 Å². The van der Waals surface area contributed by atoms with Gasteiger partial charge in [-0.25, -0.2) is 9.59 Å². The molecular formula is C22H29N3O3. The molecule has 4 amide bonds. The molecule has 3 aliphatic rings. The van der Waals surface area contributed by atoms with Gasteiger partial charge >= 0.3 is 12.1 Å². The third kappa shape index (κ3) is 3.40. The number of fused-ring (bicyclic) bond motifs is 1. The minimum atomic E-state index is -0.594. The molecule has 0 spiro atoms. The number of amides is 4. The maximum absolute atomic E-state index is 13.1. The minimum Gasteiger partial charge on any atom is -0.297 e. The highest BCUT2D eigenvalue weighted by atomic mass is 16.2. The van der Waals surface area contributed by atoms with Crippen LogP contribution in [0.1, 0.15) is 64.7 Å². The lowest BCUT2D eigenvalue weighted by Crippen LogP contribution is -2.52. The lowest BCUT2D eigenvalue weighted by atomic mass is 9.93. The maximum atomic E-state index is 13.1. The molecule has 1 unspecified atom stereocenters. The number of para-hydroxylation sites is 2. The first-order valence-electron chi connectivity index (χ1n) is 10.6. The van der Waals surface area contributed by atoms with Crippen molar-refractivity contribution in [1.82, 2.24) is 5.32 Å². The first-order valence-corrected chi connectivity index (χ1v) is 10.6. The molecule has 6 heteroatoms. The number of carbonyl (C=O) groups excluding carboxylic acids is 3. The molecule has 2 aliphatic carbocycles. The van der Waals surface area contributed by atoms with E-state index in [4.69, 9.17) is 0 Å². The van der Waals surface area contributed by atoms with Crippen LogP contribution in [-0.2, 0) is 4.79 Å². The molecule has 1 N–H and O–H groups in total. The number of ketones is 1. The van der Waals surface area contributed by atoms with Crippen LogP contribution in [0.15, 0.2) is 24.3 Å². The summed E-state index contributed by atoms with van der Waals surface area (Å²) in [6.45, 7) is 1.79. The Balaban J connectivity index is 1.71. The van der Waals surface area contributed by atoms with Crippen LogP contribution >= 0.6 is 0 Å². The zero-order valence-electron chi connectivity index (χ0n) is 16.5. The van der Waals surface area contributed by atoms with Crippen molar-refractivity contribution in [1.29, 1.82) is 0 Å². The van der Waals surface area contributed by atoms with E-state index in [0.29, 0.717) is 5.69 Å². The van der Waals surface area contributed by atoms with Crippen LogP contribution in [0.4, 0.5) is 21.0 Å². The fourth-order valence-electron chi connectivity index (χ4n) is 5.07. The molecule has 150 valence electrons. The summed E-state index contributed by atoms with van der Waals surface area (Å²) in [5.74, 6) is 0.115. The number of benzene rings is 1. The summed E-state index contributed by atoms with van der Waals surface area (Å²) in [5.41, 5.74) is 1.37. The summed E-state index contributed by atoms with van der Waals surface area (Å²) in [7, 11) is 0. The van der Waals surface area contributed by atoms with Crippen molar-refractivity contribution in [2.45, 2.75) is 76.8 Å². The van der Waals surface area contributed by atoms with Crippen molar-refractivity contribution < 1.29 is 14.4 Å². The van der Waals surface area contributed by atoms with Gasteiger partial charge in [0.25, 0.3) is 0 Å². The summed E-state index contributed by atoms with van der Waals surface area (Å²) < 4.78 is 0. The fraction of sp³-hybridized carbons (Fsp3) is 0.591. The Morgan fingerprint density at radius 2 is 1.54 bits per heavy atom. The molecule has 1 aromatic rings. The van der Waals surface area contributed by atoms with Crippen molar-refractivity contribution in [3.8, 4) is 0 Å². The number of nitrogens with zero attached hydrogens (tertiary/aromatic N) is 2. The Kier molecular flexibility index (Phi) is 5.38. The maximum Gasteiger partial charge on any atom is 0.330 e. The van der Waals surface area contributed by atoms with Gasteiger partial charge < -0.3 is 0 Å². The number of rotatable bonds is 4. The van der Waals surface area contributed by atoms with Crippen LogP contribution in [0.5, 0.6) is 0 Å². The Morgan fingerprint density at radius 1 is 0.929 bits per heavy atom. The van der Waals surface area contributed by atoms with E-state index in [1.54, 1.807) is 11.8 Å². The Morgan fingerprint density at radius 3 is 2.21 bits per heavy atom. The molecule has 6 nitrogen and oxygen atoms in total. The quantitative estimate of drug-likeness (QED) is 0.824. The highest BCUT2D eigenvalue weighted by Crippen LogP contribution is 2.38. The Hall–Kier alpha value is -2.37. The van der Waals surface area contributed by atoms with Gasteiger partial charge in [-0.15, -0.1) is 0 Å². The summed E-state index contributed by atoms with van der Waals surface area (Å²) in [4.78, 5) is 42.3. The molecule has 0 saturated heterocycles. The average Bonchev–Trinajstić information content (AvgIpc) is 3.21. The van der Waals surface area contributed by atoms with Crippen LogP contribution in [0.25, 0.3) is 0 Å². The molecule has 0 aromatic heterocycles. The molecule has 2 fully saturated rings. The van der Waals surface area contributed by atoms with Crippen molar-refractivity contribution in [2.24, 2.45) is 5.92 Å². The number of carbonyl (C=O) groups is 3. The summed E-state index contributed by atoms with van der Waals surface area (Å²) in [6.07, 6.45) is 9.17. The number of imide groups is 1. The lowest BCUT2D eigenvalue weighted by molar-refractivity contribution is -0.123. The van der Waals surface area contributed by atoms with Crippen LogP contribution < -0.4 is 15.1 Å². The smallest absolute Gasteiger partial charge is 0.297 e. The second-order valence-electron chi connectivity index (χ2n) is 8.32. The summed E-state index contributed by atoms with van der Waals surface area (Å²) in [6, 6.07) is 6.10. The number of urea groups is 2. The SMILES string of the molecule is CC(C(=O)C1CCCC1)N1C(=O)NC(=O)N(C2CCCCC2)c2ccccc21. The third-order valence-electron chi connectivity index (χ3n) is 6.55. The number of anilines is 2. The predicted molar refractivity (Wildman–Crippen MR) is 109 cm³/mol. The molecule has 0 bridgehead atoms. The van der Waals surface area contributed by atoms with E-state index < -0.39 is 12.1 Å². The molecule has 2 saturated carbocycles. The molecule has 1 aromatic carbocycles. The molecule has 1 atom stereocenters. The van der Waals surface area contributed by atoms with Crippen molar-refractivity contribution in [3.05, 3.63) is 24.3 Å². The van der Waals surface area contributed by atoms with Gasteiger partial charge in [0, 0.05) is 12.0 Å². The zero-order valence-corrected chi connectivity index (χ0v) is 16.5. The summed E-state index contributed by atoms with van der Waals surface area (Å²) >= 11 is 0. The number of hydrogen-bond acceptors (Lipinski definition) is 3. The average molecular weight is 383 g/mol. The number of nitrogens with one attached hydrogen (secondary N) is 1. The molecule has 1 heterocycles. The van der Waals surface area contributed by atoms with Crippen LogP contribution in [-0.4, -0.2) is 29.9 Å². The normalized spacial score (nSPS) is 22.6. The van der Waals surface area contributed by atoms with E-state index in [9.17, 15) is 14.4 Å². The standard InChI is InChI=1S/C22H29N3O3/c1-15(20(26)16-9-5-6-10-16)24-18-13-7-8-14-19(18)25(22(28)23-21(24)27)17-11-3-2-4-12-17/h7-8,13-17H,2-6,9-12H2,1H3,(H,23,27,28). The monoisotopic (exact) mass is 383 g/mol. The summed E-state index contributed by atoms with van der Waals surface area (Å²) in [5, 5.41) is 2.53. The van der Waals surface area contributed by atoms with Gasteiger partial charge in [0.1, 0.15) is 0 Å². The Labute approximate surface area is 166 Å². The second kappa shape index (κ2) is 7.94. The third-order valence-corrected chi connectivity index (χ3v) is 6.55. The van der Waals surface area contributed by atoms with Crippen molar-refractivity contribution >= 4 is 29.2 Å². The van der Waals surface area contributed by atoms with Crippen LogP contribution in [0.3, 0.4) is 0 Å². The van der Waals surface area contributed by atoms with Gasteiger partial charge in [-0.2, -0.15) is 0 Å². The van der Waals surface area contributed by atoms with Crippen molar-refractivity contribution in [3.63, 3.8) is 0 Å². The van der Waals surface area contributed by atoms with Gasteiger partial charge in [-0.3, -0.25) is 19.9 Å². The second-order valence-corrected chi connectivity index (χ2v) is 8.32. The fourth-order valence-corrected chi connectivity index (χ4v) is 5.07. The minimum absolute atomic E-state index is 0.0170. The molecule has 1 aliphatic heterocycles. The first-order chi connectivity index (χ1) is 13.6. The number of hydrogen-bond donors (Lipinski definition) is 1. The van der Waals surface area contributed by atoms with E-state index in [2.05, 4.69) is 5.32 Å². The topological polar surface area (TPSA) is 69.7 Å². The predicted octanol–water partition coefficient (Wildman–Crippen LogP) is 4.62. The van der Waals surface area contributed by atoms with E-state index in [0.717, 1.165) is 57.1 Å². The Bertz CT molecular complexity index is 766. The van der Waals surface area contributed by atoms with E-state index in [-0.39, 0.29) is 23.8 Å². The largest absolute Gasteiger partial charge is 0.330 e. The van der Waals surface area contributed by atoms with Gasteiger partial charge in [0.2, 0.25) is 0 Å². The van der Waals surface area contributed by atoms with E-state index in [1.807, 2.05) is 24.3 Å². The van der Waals surface area contributed by atoms with Crippen molar-refractivity contribution in [2.75, 3.05) is 9.80 Å². The molecule has 0 radical (unpaired) electrons. The first kappa shape index (κ1) is 19.0. The van der Waals surface area contributed by atoms with Crippen LogP contribution in [0, 0.1) is 5.92 Å².